The van der Waals surface area contributed by atoms with Crippen molar-refractivity contribution < 1.29 is 4.74 Å². The number of nitrogens with zero attached hydrogens (tertiary/aromatic N) is 2. The number of para-hydroxylation sites is 1. The molecule has 100 valence electrons. The summed E-state index contributed by atoms with van der Waals surface area (Å²) in [5, 5.41) is 0. The normalized spacial score (nSPS) is 10.3. The van der Waals surface area contributed by atoms with Crippen molar-refractivity contribution in [2.75, 3.05) is 19.1 Å². The smallest absolute Gasteiger partial charge is 0.142 e. The van der Waals surface area contributed by atoms with Gasteiger partial charge in [0.05, 0.1) is 11.6 Å². The summed E-state index contributed by atoms with van der Waals surface area (Å²) in [5.41, 5.74) is 2.28. The maximum atomic E-state index is 5.37. The molecule has 1 heterocycles. The second-order valence-corrected chi connectivity index (χ2v) is 5.34. The van der Waals surface area contributed by atoms with Gasteiger partial charge in [-0.25, -0.2) is 4.98 Å². The number of hydrogen-bond acceptors (Lipinski definition) is 3. The molecule has 1 aromatic heterocycles. The van der Waals surface area contributed by atoms with Crippen molar-refractivity contribution in [3.63, 3.8) is 0 Å². The second-order valence-electron chi connectivity index (χ2n) is 4.49. The molecule has 0 aliphatic carbocycles. The highest BCUT2D eigenvalue weighted by atomic mass is 79.9. The summed E-state index contributed by atoms with van der Waals surface area (Å²) in [6.45, 7) is 2.78. The number of methoxy groups -OCH3 is 1. The highest BCUT2D eigenvalue weighted by Gasteiger charge is 2.10. The van der Waals surface area contributed by atoms with E-state index in [4.69, 9.17) is 4.74 Å². The summed E-state index contributed by atoms with van der Waals surface area (Å²) in [7, 11) is 3.72. The summed E-state index contributed by atoms with van der Waals surface area (Å²) in [6, 6.07) is 10.1. The summed E-state index contributed by atoms with van der Waals surface area (Å²) in [6.07, 6.45) is 1.87. The minimum atomic E-state index is 0.749. The molecule has 2 aromatic rings. The SMILES string of the molecule is COc1ccccc1CN(C)c1ncc(C)cc1Br. The molecule has 0 N–H and O–H groups in total. The summed E-state index contributed by atoms with van der Waals surface area (Å²) in [4.78, 5) is 6.57. The third-order valence-electron chi connectivity index (χ3n) is 2.92. The first kappa shape index (κ1) is 13.9. The lowest BCUT2D eigenvalue weighted by molar-refractivity contribution is 0.409. The standard InChI is InChI=1S/C15H17BrN2O/c1-11-8-13(16)15(17-9-11)18(2)10-12-6-4-5-7-14(12)19-3/h4-9H,10H2,1-3H3. The molecule has 2 rings (SSSR count). The van der Waals surface area contributed by atoms with Crippen LogP contribution < -0.4 is 9.64 Å². The van der Waals surface area contributed by atoms with E-state index >= 15 is 0 Å². The molecular formula is C15H17BrN2O. The van der Waals surface area contributed by atoms with Gasteiger partial charge in [0, 0.05) is 25.4 Å². The molecule has 0 saturated heterocycles. The number of aryl methyl sites for hydroxylation is 1. The van der Waals surface area contributed by atoms with Gasteiger partial charge >= 0.3 is 0 Å². The molecule has 3 nitrogen and oxygen atoms in total. The molecule has 0 atom stereocenters. The summed E-state index contributed by atoms with van der Waals surface area (Å²) < 4.78 is 6.38. The Hall–Kier alpha value is -1.55. The second kappa shape index (κ2) is 6.06. The Balaban J connectivity index is 2.23. The van der Waals surface area contributed by atoms with Gasteiger partial charge < -0.3 is 9.64 Å². The minimum absolute atomic E-state index is 0.749. The zero-order valence-electron chi connectivity index (χ0n) is 11.4. The molecule has 0 radical (unpaired) electrons. The number of hydrogen-bond donors (Lipinski definition) is 0. The van der Waals surface area contributed by atoms with Crippen LogP contribution in [0.5, 0.6) is 5.75 Å². The van der Waals surface area contributed by atoms with Crippen LogP contribution in [0.25, 0.3) is 0 Å². The molecule has 0 bridgehead atoms. The van der Waals surface area contributed by atoms with E-state index in [1.165, 1.54) is 0 Å². The van der Waals surface area contributed by atoms with Crippen molar-refractivity contribution >= 4 is 21.7 Å². The predicted molar refractivity (Wildman–Crippen MR) is 81.8 cm³/mol. The first-order chi connectivity index (χ1) is 9.11. The van der Waals surface area contributed by atoms with Crippen molar-refractivity contribution in [1.82, 2.24) is 4.98 Å². The molecule has 0 unspecified atom stereocenters. The zero-order valence-corrected chi connectivity index (χ0v) is 12.9. The Morgan fingerprint density at radius 2 is 2.05 bits per heavy atom. The van der Waals surface area contributed by atoms with Crippen LogP contribution in [-0.2, 0) is 6.54 Å². The Morgan fingerprint density at radius 3 is 2.74 bits per heavy atom. The van der Waals surface area contributed by atoms with Crippen LogP contribution in [0.4, 0.5) is 5.82 Å². The molecule has 0 saturated carbocycles. The van der Waals surface area contributed by atoms with E-state index in [0.717, 1.165) is 33.7 Å². The van der Waals surface area contributed by atoms with Gasteiger partial charge in [-0.3, -0.25) is 0 Å². The molecule has 0 spiro atoms. The number of rotatable bonds is 4. The van der Waals surface area contributed by atoms with E-state index in [0.29, 0.717) is 0 Å². The van der Waals surface area contributed by atoms with Gasteiger partial charge in [-0.1, -0.05) is 18.2 Å². The van der Waals surface area contributed by atoms with Crippen molar-refractivity contribution in [3.05, 3.63) is 52.1 Å². The molecule has 0 fully saturated rings. The van der Waals surface area contributed by atoms with Crippen molar-refractivity contribution in [1.29, 1.82) is 0 Å². The molecule has 4 heteroatoms. The van der Waals surface area contributed by atoms with E-state index in [1.54, 1.807) is 7.11 Å². The number of benzene rings is 1. The van der Waals surface area contributed by atoms with Gasteiger partial charge in [0.25, 0.3) is 0 Å². The number of anilines is 1. The topological polar surface area (TPSA) is 25.4 Å². The van der Waals surface area contributed by atoms with E-state index < -0.39 is 0 Å². The van der Waals surface area contributed by atoms with Crippen LogP contribution in [0.15, 0.2) is 41.0 Å². The number of pyridine rings is 1. The Bertz CT molecular complexity index is 572. The van der Waals surface area contributed by atoms with E-state index in [2.05, 4.69) is 37.9 Å². The Morgan fingerprint density at radius 1 is 1.32 bits per heavy atom. The average molecular weight is 321 g/mol. The Labute approximate surface area is 122 Å². The highest BCUT2D eigenvalue weighted by molar-refractivity contribution is 9.10. The van der Waals surface area contributed by atoms with Gasteiger partial charge in [-0.15, -0.1) is 0 Å². The minimum Gasteiger partial charge on any atom is -0.496 e. The largest absolute Gasteiger partial charge is 0.496 e. The average Bonchev–Trinajstić information content (AvgIpc) is 2.39. The zero-order chi connectivity index (χ0) is 13.8. The van der Waals surface area contributed by atoms with Crippen LogP contribution in [0, 0.1) is 6.92 Å². The van der Waals surface area contributed by atoms with Crippen LogP contribution in [-0.4, -0.2) is 19.1 Å². The lowest BCUT2D eigenvalue weighted by Gasteiger charge is -2.21. The monoisotopic (exact) mass is 320 g/mol. The summed E-state index contributed by atoms with van der Waals surface area (Å²) >= 11 is 3.56. The van der Waals surface area contributed by atoms with Gasteiger partial charge in [0.15, 0.2) is 0 Å². The van der Waals surface area contributed by atoms with E-state index in [-0.39, 0.29) is 0 Å². The van der Waals surface area contributed by atoms with Crippen LogP contribution in [0.3, 0.4) is 0 Å². The Kier molecular flexibility index (Phi) is 4.43. The third kappa shape index (κ3) is 3.26. The first-order valence-corrected chi connectivity index (χ1v) is 6.86. The number of aromatic nitrogens is 1. The fourth-order valence-electron chi connectivity index (χ4n) is 1.97. The van der Waals surface area contributed by atoms with Crippen molar-refractivity contribution in [2.24, 2.45) is 0 Å². The van der Waals surface area contributed by atoms with Gasteiger partial charge in [0.1, 0.15) is 11.6 Å². The van der Waals surface area contributed by atoms with E-state index in [9.17, 15) is 0 Å². The van der Waals surface area contributed by atoms with Crippen LogP contribution in [0.1, 0.15) is 11.1 Å². The lowest BCUT2D eigenvalue weighted by Crippen LogP contribution is -2.18. The molecule has 19 heavy (non-hydrogen) atoms. The molecule has 1 aromatic carbocycles. The number of ether oxygens (including phenoxy) is 1. The molecule has 0 aliphatic rings. The first-order valence-electron chi connectivity index (χ1n) is 6.07. The molecule has 0 aliphatic heterocycles. The van der Waals surface area contributed by atoms with Crippen molar-refractivity contribution in [2.45, 2.75) is 13.5 Å². The fourth-order valence-corrected chi connectivity index (χ4v) is 2.74. The maximum Gasteiger partial charge on any atom is 0.142 e. The molecular weight excluding hydrogens is 304 g/mol. The van der Waals surface area contributed by atoms with Gasteiger partial charge in [-0.2, -0.15) is 0 Å². The summed E-state index contributed by atoms with van der Waals surface area (Å²) in [5.74, 6) is 1.83. The quantitative estimate of drug-likeness (QED) is 0.856. The third-order valence-corrected chi connectivity index (χ3v) is 3.50. The lowest BCUT2D eigenvalue weighted by atomic mass is 10.2. The number of halogens is 1. The van der Waals surface area contributed by atoms with Crippen LogP contribution in [0.2, 0.25) is 0 Å². The molecule has 0 amide bonds. The van der Waals surface area contributed by atoms with Crippen LogP contribution >= 0.6 is 15.9 Å². The highest BCUT2D eigenvalue weighted by Crippen LogP contribution is 2.26. The van der Waals surface area contributed by atoms with Crippen molar-refractivity contribution in [3.8, 4) is 5.75 Å². The van der Waals surface area contributed by atoms with E-state index in [1.807, 2.05) is 38.4 Å². The maximum absolute atomic E-state index is 5.37. The van der Waals surface area contributed by atoms with Gasteiger partial charge in [-0.05, 0) is 40.5 Å². The fraction of sp³-hybridized carbons (Fsp3) is 0.267. The van der Waals surface area contributed by atoms with Gasteiger partial charge in [0.2, 0.25) is 0 Å². The predicted octanol–water partition coefficient (Wildman–Crippen LogP) is 3.80.